The van der Waals surface area contributed by atoms with Crippen molar-refractivity contribution in [3.8, 4) is 0 Å². The Morgan fingerprint density at radius 2 is 2.21 bits per heavy atom. The van der Waals surface area contributed by atoms with Crippen molar-refractivity contribution in [3.63, 3.8) is 0 Å². The third-order valence-electron chi connectivity index (χ3n) is 1.84. The van der Waals surface area contributed by atoms with Crippen LogP contribution in [0.1, 0.15) is 0 Å². The summed E-state index contributed by atoms with van der Waals surface area (Å²) in [7, 11) is 1.30. The molecule has 0 bridgehead atoms. The molecule has 0 radical (unpaired) electrons. The summed E-state index contributed by atoms with van der Waals surface area (Å²) >= 11 is 0. The number of furan rings is 1. The van der Waals surface area contributed by atoms with Crippen LogP contribution in [-0.2, 0) is 4.74 Å². The zero-order valence-electron chi connectivity index (χ0n) is 7.61. The number of amides is 1. The highest BCUT2D eigenvalue weighted by molar-refractivity contribution is 5.88. The molecule has 4 nitrogen and oxygen atoms in total. The van der Waals surface area contributed by atoms with E-state index >= 15 is 0 Å². The average molecular weight is 191 g/mol. The second-order valence-corrected chi connectivity index (χ2v) is 2.77. The number of fused-ring (bicyclic) bond motifs is 1. The van der Waals surface area contributed by atoms with E-state index in [9.17, 15) is 4.79 Å². The van der Waals surface area contributed by atoms with Crippen LogP contribution < -0.4 is 5.32 Å². The van der Waals surface area contributed by atoms with Gasteiger partial charge in [-0.2, -0.15) is 0 Å². The Balaban J connectivity index is 2.31. The highest BCUT2D eigenvalue weighted by Gasteiger charge is 2.05. The van der Waals surface area contributed by atoms with E-state index in [1.807, 2.05) is 24.3 Å². The predicted octanol–water partition coefficient (Wildman–Crippen LogP) is 2.61. The van der Waals surface area contributed by atoms with Crippen molar-refractivity contribution in [2.24, 2.45) is 0 Å². The van der Waals surface area contributed by atoms with Crippen LogP contribution in [0.15, 0.2) is 34.7 Å². The van der Waals surface area contributed by atoms with Gasteiger partial charge in [0, 0.05) is 11.5 Å². The van der Waals surface area contributed by atoms with Crippen LogP contribution in [0.5, 0.6) is 0 Å². The molecule has 0 aliphatic carbocycles. The van der Waals surface area contributed by atoms with E-state index in [2.05, 4.69) is 10.1 Å². The fourth-order valence-corrected chi connectivity index (χ4v) is 1.20. The molecule has 0 unspecified atom stereocenters. The van der Waals surface area contributed by atoms with E-state index in [-0.39, 0.29) is 0 Å². The third-order valence-corrected chi connectivity index (χ3v) is 1.84. The summed E-state index contributed by atoms with van der Waals surface area (Å²) in [4.78, 5) is 10.9. The molecule has 2 aromatic rings. The average Bonchev–Trinajstić information content (AvgIpc) is 2.59. The first-order valence-corrected chi connectivity index (χ1v) is 4.13. The molecule has 1 heterocycles. The van der Waals surface area contributed by atoms with Gasteiger partial charge in [-0.3, -0.25) is 5.32 Å². The van der Waals surface area contributed by atoms with E-state index in [4.69, 9.17) is 4.42 Å². The maximum atomic E-state index is 10.9. The van der Waals surface area contributed by atoms with Crippen molar-refractivity contribution < 1.29 is 13.9 Å². The normalized spacial score (nSPS) is 10.1. The number of ether oxygens (including phenoxy) is 1. The molecule has 0 atom stereocenters. The van der Waals surface area contributed by atoms with E-state index in [0.717, 1.165) is 11.0 Å². The van der Waals surface area contributed by atoms with Gasteiger partial charge in [-0.05, 0) is 6.07 Å². The molecule has 0 aliphatic heterocycles. The highest BCUT2D eigenvalue weighted by Crippen LogP contribution is 2.22. The molecule has 0 aliphatic rings. The van der Waals surface area contributed by atoms with Gasteiger partial charge in [0.1, 0.15) is 5.58 Å². The highest BCUT2D eigenvalue weighted by atomic mass is 16.5. The van der Waals surface area contributed by atoms with E-state index in [1.165, 1.54) is 7.11 Å². The Kier molecular flexibility index (Phi) is 2.10. The lowest BCUT2D eigenvalue weighted by molar-refractivity contribution is 0.186. The molecule has 0 spiro atoms. The standard InChI is InChI=1S/C10H9NO3/c1-13-10(12)11-9-6-7-4-2-3-5-8(7)14-9/h2-6H,1H3,(H,11,12). The number of methoxy groups -OCH3 is 1. The van der Waals surface area contributed by atoms with Crippen molar-refractivity contribution in [1.82, 2.24) is 0 Å². The number of nitrogens with one attached hydrogen (secondary N) is 1. The van der Waals surface area contributed by atoms with Gasteiger partial charge in [-0.15, -0.1) is 0 Å². The van der Waals surface area contributed by atoms with Gasteiger partial charge >= 0.3 is 6.09 Å². The molecule has 1 N–H and O–H groups in total. The first-order valence-electron chi connectivity index (χ1n) is 4.13. The molecule has 1 amide bonds. The first kappa shape index (κ1) is 8.62. The zero-order valence-corrected chi connectivity index (χ0v) is 7.61. The minimum absolute atomic E-state index is 0.387. The lowest BCUT2D eigenvalue weighted by Gasteiger charge is -1.96. The molecule has 0 saturated heterocycles. The van der Waals surface area contributed by atoms with Gasteiger partial charge in [-0.1, -0.05) is 18.2 Å². The summed E-state index contributed by atoms with van der Waals surface area (Å²) < 4.78 is 9.77. The lowest BCUT2D eigenvalue weighted by Crippen LogP contribution is -2.09. The van der Waals surface area contributed by atoms with Crippen LogP contribution in [-0.4, -0.2) is 13.2 Å². The van der Waals surface area contributed by atoms with E-state index in [1.54, 1.807) is 6.07 Å². The summed E-state index contributed by atoms with van der Waals surface area (Å²) in [6.45, 7) is 0. The van der Waals surface area contributed by atoms with Gasteiger partial charge in [0.2, 0.25) is 5.88 Å². The van der Waals surface area contributed by atoms with Gasteiger partial charge in [0.15, 0.2) is 0 Å². The number of para-hydroxylation sites is 1. The van der Waals surface area contributed by atoms with Crippen molar-refractivity contribution >= 4 is 22.9 Å². The summed E-state index contributed by atoms with van der Waals surface area (Å²) in [5.41, 5.74) is 0.735. The molecule has 2 rings (SSSR count). The Morgan fingerprint density at radius 1 is 1.43 bits per heavy atom. The van der Waals surface area contributed by atoms with Crippen LogP contribution in [0.4, 0.5) is 10.7 Å². The summed E-state index contributed by atoms with van der Waals surface area (Å²) in [6, 6.07) is 9.25. The smallest absolute Gasteiger partial charge is 0.413 e. The van der Waals surface area contributed by atoms with E-state index < -0.39 is 6.09 Å². The topological polar surface area (TPSA) is 51.5 Å². The van der Waals surface area contributed by atoms with Gasteiger partial charge < -0.3 is 9.15 Å². The minimum Gasteiger partial charge on any atom is -0.453 e. The number of benzene rings is 1. The molecule has 4 heteroatoms. The number of hydrogen-bond donors (Lipinski definition) is 1. The van der Waals surface area contributed by atoms with E-state index in [0.29, 0.717) is 5.88 Å². The van der Waals surface area contributed by atoms with Crippen LogP contribution in [0.25, 0.3) is 11.0 Å². The minimum atomic E-state index is -0.538. The number of carbonyl (C=O) groups excluding carboxylic acids is 1. The molecule has 1 aromatic carbocycles. The fraction of sp³-hybridized carbons (Fsp3) is 0.100. The quantitative estimate of drug-likeness (QED) is 0.753. The molecule has 72 valence electrons. The Bertz CT molecular complexity index is 428. The van der Waals surface area contributed by atoms with Crippen LogP contribution in [0.3, 0.4) is 0 Å². The van der Waals surface area contributed by atoms with Crippen LogP contribution >= 0.6 is 0 Å². The van der Waals surface area contributed by atoms with Crippen LogP contribution in [0, 0.1) is 0 Å². The molecule has 0 fully saturated rings. The molecule has 14 heavy (non-hydrogen) atoms. The lowest BCUT2D eigenvalue weighted by atomic mass is 10.3. The number of anilines is 1. The number of rotatable bonds is 1. The fourth-order valence-electron chi connectivity index (χ4n) is 1.20. The number of carbonyl (C=O) groups is 1. The predicted molar refractivity (Wildman–Crippen MR) is 52.2 cm³/mol. The third kappa shape index (κ3) is 1.54. The van der Waals surface area contributed by atoms with Gasteiger partial charge in [-0.25, -0.2) is 4.79 Å². The Hall–Kier alpha value is -1.97. The van der Waals surface area contributed by atoms with Crippen molar-refractivity contribution in [2.75, 3.05) is 12.4 Å². The first-order chi connectivity index (χ1) is 6.79. The maximum absolute atomic E-state index is 10.9. The summed E-state index contributed by atoms with van der Waals surface area (Å²) in [5, 5.41) is 3.40. The molecular weight excluding hydrogens is 182 g/mol. The zero-order chi connectivity index (χ0) is 9.97. The van der Waals surface area contributed by atoms with Crippen LogP contribution in [0.2, 0.25) is 0 Å². The molecule has 0 saturated carbocycles. The Morgan fingerprint density at radius 3 is 2.93 bits per heavy atom. The van der Waals surface area contributed by atoms with Gasteiger partial charge in [0.25, 0.3) is 0 Å². The second kappa shape index (κ2) is 3.41. The van der Waals surface area contributed by atoms with Crippen molar-refractivity contribution in [2.45, 2.75) is 0 Å². The SMILES string of the molecule is COC(=O)Nc1cc2ccccc2o1. The monoisotopic (exact) mass is 191 g/mol. The largest absolute Gasteiger partial charge is 0.453 e. The molecular formula is C10H9NO3. The Labute approximate surface area is 80.5 Å². The maximum Gasteiger partial charge on any atom is 0.413 e. The van der Waals surface area contributed by atoms with Gasteiger partial charge in [0.05, 0.1) is 7.11 Å². The van der Waals surface area contributed by atoms with Crippen molar-refractivity contribution in [3.05, 3.63) is 30.3 Å². The summed E-state index contributed by atoms with van der Waals surface area (Å²) in [5.74, 6) is 0.387. The second-order valence-electron chi connectivity index (χ2n) is 2.77. The molecule has 1 aromatic heterocycles. The summed E-state index contributed by atoms with van der Waals surface area (Å²) in [6.07, 6.45) is -0.538. The number of hydrogen-bond acceptors (Lipinski definition) is 3. The van der Waals surface area contributed by atoms with Crippen molar-refractivity contribution in [1.29, 1.82) is 0 Å².